The SMILES string of the molecule is O=[N+]([O-])c1ccc2[nH]c(-c3ccc(Cc4ccccc4)cc3)cc2c1. The summed E-state index contributed by atoms with van der Waals surface area (Å²) in [6, 6.07) is 25.6. The molecule has 0 unspecified atom stereocenters. The number of nitrogens with one attached hydrogen (secondary N) is 1. The lowest BCUT2D eigenvalue weighted by Gasteiger charge is -2.03. The number of fused-ring (bicyclic) bond motifs is 1. The molecule has 0 atom stereocenters. The molecule has 0 spiro atoms. The molecule has 122 valence electrons. The van der Waals surface area contributed by atoms with Crippen LogP contribution in [0.25, 0.3) is 22.2 Å². The van der Waals surface area contributed by atoms with Crippen molar-refractivity contribution < 1.29 is 4.92 Å². The number of benzene rings is 3. The third kappa shape index (κ3) is 3.15. The second-order valence-electron chi connectivity index (χ2n) is 6.07. The van der Waals surface area contributed by atoms with Crippen LogP contribution in [-0.2, 0) is 6.42 Å². The number of aromatic nitrogens is 1. The van der Waals surface area contributed by atoms with Crippen molar-refractivity contribution >= 4 is 16.6 Å². The summed E-state index contributed by atoms with van der Waals surface area (Å²) in [6.45, 7) is 0. The first-order valence-corrected chi connectivity index (χ1v) is 8.09. The van der Waals surface area contributed by atoms with E-state index in [1.807, 2.05) is 24.3 Å². The zero-order valence-electron chi connectivity index (χ0n) is 13.5. The Balaban J connectivity index is 1.61. The highest BCUT2D eigenvalue weighted by atomic mass is 16.6. The zero-order valence-corrected chi connectivity index (χ0v) is 13.5. The molecule has 0 amide bonds. The summed E-state index contributed by atoms with van der Waals surface area (Å²) in [7, 11) is 0. The lowest BCUT2D eigenvalue weighted by molar-refractivity contribution is -0.384. The number of hydrogen-bond donors (Lipinski definition) is 1. The molecule has 0 fully saturated rings. The lowest BCUT2D eigenvalue weighted by Crippen LogP contribution is -1.87. The Hall–Kier alpha value is -3.40. The van der Waals surface area contributed by atoms with Gasteiger partial charge in [0.1, 0.15) is 0 Å². The Morgan fingerprint density at radius 2 is 1.56 bits per heavy atom. The molecule has 1 aromatic heterocycles. The van der Waals surface area contributed by atoms with Crippen molar-refractivity contribution in [2.75, 3.05) is 0 Å². The topological polar surface area (TPSA) is 58.9 Å². The molecule has 0 saturated carbocycles. The molecular formula is C21H16N2O2. The van der Waals surface area contributed by atoms with Gasteiger partial charge in [-0.25, -0.2) is 0 Å². The molecule has 1 N–H and O–H groups in total. The van der Waals surface area contributed by atoms with E-state index in [1.54, 1.807) is 12.1 Å². The zero-order chi connectivity index (χ0) is 17.2. The van der Waals surface area contributed by atoms with Gasteiger partial charge in [-0.1, -0.05) is 54.6 Å². The number of aromatic amines is 1. The molecule has 0 aliphatic heterocycles. The second kappa shape index (κ2) is 6.24. The van der Waals surface area contributed by atoms with E-state index in [-0.39, 0.29) is 10.6 Å². The molecule has 0 saturated heterocycles. The number of nitro benzene ring substituents is 1. The molecule has 0 radical (unpaired) electrons. The normalized spacial score (nSPS) is 10.9. The summed E-state index contributed by atoms with van der Waals surface area (Å²) in [5.74, 6) is 0. The molecule has 4 nitrogen and oxygen atoms in total. The van der Waals surface area contributed by atoms with Gasteiger partial charge in [0, 0.05) is 28.7 Å². The van der Waals surface area contributed by atoms with Crippen LogP contribution in [0.3, 0.4) is 0 Å². The fourth-order valence-electron chi connectivity index (χ4n) is 3.02. The molecule has 4 rings (SSSR count). The van der Waals surface area contributed by atoms with Crippen LogP contribution in [0.2, 0.25) is 0 Å². The monoisotopic (exact) mass is 328 g/mol. The van der Waals surface area contributed by atoms with Crippen molar-refractivity contribution in [3.05, 3.63) is 100 Å². The van der Waals surface area contributed by atoms with Crippen LogP contribution in [0.5, 0.6) is 0 Å². The van der Waals surface area contributed by atoms with Gasteiger partial charge in [0.05, 0.1) is 4.92 Å². The van der Waals surface area contributed by atoms with E-state index >= 15 is 0 Å². The van der Waals surface area contributed by atoms with E-state index in [4.69, 9.17) is 0 Å². The molecule has 3 aromatic carbocycles. The van der Waals surface area contributed by atoms with Gasteiger partial charge >= 0.3 is 0 Å². The van der Waals surface area contributed by atoms with Crippen molar-refractivity contribution in [3.8, 4) is 11.3 Å². The van der Waals surface area contributed by atoms with Gasteiger partial charge in [-0.05, 0) is 35.2 Å². The van der Waals surface area contributed by atoms with Crippen molar-refractivity contribution in [1.82, 2.24) is 4.98 Å². The maximum absolute atomic E-state index is 10.9. The van der Waals surface area contributed by atoms with E-state index in [9.17, 15) is 10.1 Å². The summed E-state index contributed by atoms with van der Waals surface area (Å²) in [6.07, 6.45) is 0.903. The van der Waals surface area contributed by atoms with Gasteiger partial charge in [-0.15, -0.1) is 0 Å². The van der Waals surface area contributed by atoms with Gasteiger partial charge in [0.25, 0.3) is 5.69 Å². The summed E-state index contributed by atoms with van der Waals surface area (Å²) in [5, 5.41) is 11.7. The highest BCUT2D eigenvalue weighted by Gasteiger charge is 2.09. The summed E-state index contributed by atoms with van der Waals surface area (Å²) in [5.41, 5.74) is 5.57. The van der Waals surface area contributed by atoms with Gasteiger partial charge in [-0.3, -0.25) is 10.1 Å². The van der Waals surface area contributed by atoms with E-state index in [0.29, 0.717) is 0 Å². The second-order valence-corrected chi connectivity index (χ2v) is 6.07. The van der Waals surface area contributed by atoms with Crippen molar-refractivity contribution in [2.45, 2.75) is 6.42 Å². The summed E-state index contributed by atoms with van der Waals surface area (Å²) >= 11 is 0. The third-order valence-corrected chi connectivity index (χ3v) is 4.33. The highest BCUT2D eigenvalue weighted by molar-refractivity contribution is 5.87. The largest absolute Gasteiger partial charge is 0.355 e. The van der Waals surface area contributed by atoms with Crippen molar-refractivity contribution in [3.63, 3.8) is 0 Å². The first-order valence-electron chi connectivity index (χ1n) is 8.09. The third-order valence-electron chi connectivity index (χ3n) is 4.33. The summed E-state index contributed by atoms with van der Waals surface area (Å²) in [4.78, 5) is 13.9. The molecule has 4 aromatic rings. The van der Waals surface area contributed by atoms with E-state index in [2.05, 4.69) is 41.4 Å². The number of H-pyrrole nitrogens is 1. The van der Waals surface area contributed by atoms with Crippen LogP contribution < -0.4 is 0 Å². The molecule has 4 heteroatoms. The Morgan fingerprint density at radius 1 is 0.840 bits per heavy atom. The van der Waals surface area contributed by atoms with Gasteiger partial charge < -0.3 is 4.98 Å². The minimum Gasteiger partial charge on any atom is -0.355 e. The average molecular weight is 328 g/mol. The van der Waals surface area contributed by atoms with E-state index in [0.717, 1.165) is 28.6 Å². The Bertz CT molecular complexity index is 1030. The quantitative estimate of drug-likeness (QED) is 0.406. The van der Waals surface area contributed by atoms with Crippen LogP contribution in [-0.4, -0.2) is 9.91 Å². The lowest BCUT2D eigenvalue weighted by atomic mass is 10.0. The minimum absolute atomic E-state index is 0.108. The van der Waals surface area contributed by atoms with Gasteiger partial charge in [0.2, 0.25) is 0 Å². The maximum atomic E-state index is 10.9. The Labute approximate surface area is 144 Å². The van der Waals surface area contributed by atoms with Crippen LogP contribution in [0.1, 0.15) is 11.1 Å². The van der Waals surface area contributed by atoms with Gasteiger partial charge in [-0.2, -0.15) is 0 Å². The smallest absolute Gasteiger partial charge is 0.270 e. The van der Waals surface area contributed by atoms with Crippen LogP contribution >= 0.6 is 0 Å². The first-order chi connectivity index (χ1) is 12.2. The number of rotatable bonds is 4. The van der Waals surface area contributed by atoms with Crippen LogP contribution in [0.15, 0.2) is 78.9 Å². The fraction of sp³-hybridized carbons (Fsp3) is 0.0476. The summed E-state index contributed by atoms with van der Waals surface area (Å²) < 4.78 is 0. The van der Waals surface area contributed by atoms with E-state index in [1.165, 1.54) is 17.2 Å². The molecular weight excluding hydrogens is 312 g/mol. The van der Waals surface area contributed by atoms with Crippen molar-refractivity contribution in [2.24, 2.45) is 0 Å². The van der Waals surface area contributed by atoms with Crippen LogP contribution in [0.4, 0.5) is 5.69 Å². The standard InChI is InChI=1S/C21H16N2O2/c24-23(25)19-10-11-20-18(13-19)14-21(22-20)17-8-6-16(7-9-17)12-15-4-2-1-3-5-15/h1-11,13-14,22H,12H2. The minimum atomic E-state index is -0.371. The number of nitrogens with zero attached hydrogens (tertiary/aromatic N) is 1. The Morgan fingerprint density at radius 3 is 2.28 bits per heavy atom. The van der Waals surface area contributed by atoms with Crippen LogP contribution in [0, 0.1) is 10.1 Å². The molecule has 0 aliphatic rings. The molecule has 1 heterocycles. The first kappa shape index (κ1) is 15.1. The maximum Gasteiger partial charge on any atom is 0.270 e. The number of non-ortho nitro benzene ring substituents is 1. The Kier molecular flexibility index (Phi) is 3.78. The van der Waals surface area contributed by atoms with Crippen molar-refractivity contribution in [1.29, 1.82) is 0 Å². The van der Waals surface area contributed by atoms with E-state index < -0.39 is 0 Å². The average Bonchev–Trinajstić information content (AvgIpc) is 3.06. The molecule has 25 heavy (non-hydrogen) atoms. The highest BCUT2D eigenvalue weighted by Crippen LogP contribution is 2.27. The molecule has 0 aliphatic carbocycles. The predicted molar refractivity (Wildman–Crippen MR) is 99.6 cm³/mol. The van der Waals surface area contributed by atoms with Gasteiger partial charge in [0.15, 0.2) is 0 Å². The fourth-order valence-corrected chi connectivity index (χ4v) is 3.02. The predicted octanol–water partition coefficient (Wildman–Crippen LogP) is 5.33. The number of hydrogen-bond acceptors (Lipinski definition) is 2. The number of nitro groups is 1. The molecule has 0 bridgehead atoms.